The Hall–Kier alpha value is -1.13. The summed E-state index contributed by atoms with van der Waals surface area (Å²) in [5, 5.41) is 4.26. The molecule has 0 saturated heterocycles. The first-order chi connectivity index (χ1) is 7.31. The molecular weight excluding hydrogens is 254 g/mol. The van der Waals surface area contributed by atoms with E-state index >= 15 is 0 Å². The van der Waals surface area contributed by atoms with Gasteiger partial charge in [-0.15, -0.1) is 0 Å². The summed E-state index contributed by atoms with van der Waals surface area (Å²) >= 11 is 3.38. The summed E-state index contributed by atoms with van der Waals surface area (Å²) in [6, 6.07) is 8.15. The molecular formula is C11H12BrN3. The van der Waals surface area contributed by atoms with E-state index in [0.717, 1.165) is 16.6 Å². The van der Waals surface area contributed by atoms with Crippen LogP contribution in [0.15, 0.2) is 41.1 Å². The number of nitrogens with two attached hydrogens (primary N) is 1. The third kappa shape index (κ3) is 2.27. The molecule has 2 rings (SSSR count). The molecule has 0 amide bonds. The molecule has 0 atom stereocenters. The van der Waals surface area contributed by atoms with E-state index in [1.807, 2.05) is 29.1 Å². The molecule has 0 bridgehead atoms. The number of benzene rings is 1. The van der Waals surface area contributed by atoms with Crippen LogP contribution in [-0.2, 0) is 6.42 Å². The molecule has 0 radical (unpaired) electrons. The lowest BCUT2D eigenvalue weighted by molar-refractivity contribution is 0.850. The first-order valence-electron chi connectivity index (χ1n) is 4.80. The maximum absolute atomic E-state index is 5.57. The molecule has 2 aromatic rings. The van der Waals surface area contributed by atoms with Gasteiger partial charge in [0.25, 0.3) is 0 Å². The van der Waals surface area contributed by atoms with E-state index in [-0.39, 0.29) is 0 Å². The lowest BCUT2D eigenvalue weighted by atomic mass is 10.1. The second-order valence-corrected chi connectivity index (χ2v) is 4.19. The molecule has 1 aromatic heterocycles. The molecule has 15 heavy (non-hydrogen) atoms. The van der Waals surface area contributed by atoms with E-state index in [9.17, 15) is 0 Å². The molecule has 0 aliphatic heterocycles. The molecule has 0 aliphatic carbocycles. The van der Waals surface area contributed by atoms with E-state index in [1.165, 1.54) is 5.56 Å². The van der Waals surface area contributed by atoms with E-state index < -0.39 is 0 Å². The van der Waals surface area contributed by atoms with Crippen LogP contribution in [0.4, 0.5) is 0 Å². The minimum absolute atomic E-state index is 0.652. The van der Waals surface area contributed by atoms with Crippen molar-refractivity contribution in [3.05, 3.63) is 46.7 Å². The highest BCUT2D eigenvalue weighted by Crippen LogP contribution is 2.16. The van der Waals surface area contributed by atoms with E-state index in [1.54, 1.807) is 6.20 Å². The highest BCUT2D eigenvalue weighted by atomic mass is 79.9. The van der Waals surface area contributed by atoms with E-state index in [2.05, 4.69) is 27.1 Å². The number of rotatable bonds is 3. The zero-order chi connectivity index (χ0) is 10.7. The van der Waals surface area contributed by atoms with Crippen molar-refractivity contribution in [3.63, 3.8) is 0 Å². The first-order valence-corrected chi connectivity index (χ1v) is 5.59. The lowest BCUT2D eigenvalue weighted by Gasteiger charge is -2.07. The Morgan fingerprint density at radius 2 is 2.13 bits per heavy atom. The Morgan fingerprint density at radius 3 is 2.80 bits per heavy atom. The number of hydrogen-bond donors (Lipinski definition) is 1. The standard InChI is InChI=1S/C11H12BrN3/c12-10-7-14-15(8-10)11-4-2-1-3-9(11)5-6-13/h1-4,7-8H,5-6,13H2. The number of para-hydroxylation sites is 1. The molecule has 0 fully saturated rings. The molecule has 78 valence electrons. The predicted octanol–water partition coefficient (Wildman–Crippen LogP) is 2.14. The Morgan fingerprint density at radius 1 is 1.33 bits per heavy atom. The van der Waals surface area contributed by atoms with E-state index in [4.69, 9.17) is 5.73 Å². The maximum Gasteiger partial charge on any atom is 0.0678 e. The van der Waals surface area contributed by atoms with Crippen LogP contribution in [0.1, 0.15) is 5.56 Å². The first kappa shape index (κ1) is 10.4. The van der Waals surface area contributed by atoms with Crippen molar-refractivity contribution in [2.45, 2.75) is 6.42 Å². The topological polar surface area (TPSA) is 43.8 Å². The average Bonchev–Trinajstić information content (AvgIpc) is 2.66. The molecule has 0 aliphatic rings. The molecule has 1 heterocycles. The summed E-state index contributed by atoms with van der Waals surface area (Å²) in [5.74, 6) is 0. The smallest absolute Gasteiger partial charge is 0.0678 e. The fourth-order valence-electron chi connectivity index (χ4n) is 1.53. The highest BCUT2D eigenvalue weighted by Gasteiger charge is 2.04. The van der Waals surface area contributed by atoms with Crippen molar-refractivity contribution >= 4 is 15.9 Å². The summed E-state index contributed by atoms with van der Waals surface area (Å²) in [6.45, 7) is 0.652. The highest BCUT2D eigenvalue weighted by molar-refractivity contribution is 9.10. The lowest BCUT2D eigenvalue weighted by Crippen LogP contribution is -2.06. The normalized spacial score (nSPS) is 10.5. The average molecular weight is 266 g/mol. The zero-order valence-electron chi connectivity index (χ0n) is 8.23. The van der Waals surface area contributed by atoms with Crippen LogP contribution in [0.3, 0.4) is 0 Å². The van der Waals surface area contributed by atoms with Crippen molar-refractivity contribution in [1.29, 1.82) is 0 Å². The summed E-state index contributed by atoms with van der Waals surface area (Å²) in [7, 11) is 0. The molecule has 3 nitrogen and oxygen atoms in total. The van der Waals surface area contributed by atoms with Gasteiger partial charge >= 0.3 is 0 Å². The zero-order valence-corrected chi connectivity index (χ0v) is 9.81. The Kier molecular flexibility index (Phi) is 3.18. The molecule has 0 spiro atoms. The van der Waals surface area contributed by atoms with Crippen molar-refractivity contribution in [1.82, 2.24) is 9.78 Å². The Labute approximate surface area is 97.0 Å². The van der Waals surface area contributed by atoms with Crippen molar-refractivity contribution in [3.8, 4) is 5.69 Å². The fourth-order valence-corrected chi connectivity index (χ4v) is 1.82. The van der Waals surface area contributed by atoms with Gasteiger partial charge in [0.05, 0.1) is 16.4 Å². The summed E-state index contributed by atoms with van der Waals surface area (Å²) in [4.78, 5) is 0. The van der Waals surface area contributed by atoms with Crippen molar-refractivity contribution in [2.75, 3.05) is 6.54 Å². The van der Waals surface area contributed by atoms with Gasteiger partial charge in [-0.1, -0.05) is 18.2 Å². The van der Waals surface area contributed by atoms with Crippen LogP contribution in [0, 0.1) is 0 Å². The minimum atomic E-state index is 0.652. The van der Waals surface area contributed by atoms with Crippen molar-refractivity contribution in [2.24, 2.45) is 5.73 Å². The predicted molar refractivity (Wildman–Crippen MR) is 64.0 cm³/mol. The summed E-state index contributed by atoms with van der Waals surface area (Å²) < 4.78 is 2.83. The van der Waals surface area contributed by atoms with Crippen LogP contribution in [0.2, 0.25) is 0 Å². The van der Waals surface area contributed by atoms with Gasteiger partial charge in [0.15, 0.2) is 0 Å². The molecule has 4 heteroatoms. The van der Waals surface area contributed by atoms with Gasteiger partial charge in [-0.3, -0.25) is 0 Å². The number of nitrogens with zero attached hydrogens (tertiary/aromatic N) is 2. The van der Waals surface area contributed by atoms with Gasteiger partial charge in [0, 0.05) is 6.20 Å². The maximum atomic E-state index is 5.57. The SMILES string of the molecule is NCCc1ccccc1-n1cc(Br)cn1. The van der Waals surface area contributed by atoms with Crippen LogP contribution in [0.5, 0.6) is 0 Å². The van der Waals surface area contributed by atoms with Crippen LogP contribution < -0.4 is 5.73 Å². The molecule has 0 unspecified atom stereocenters. The quantitative estimate of drug-likeness (QED) is 0.924. The van der Waals surface area contributed by atoms with Gasteiger partial charge in [-0.05, 0) is 40.5 Å². The second kappa shape index (κ2) is 4.59. The third-order valence-electron chi connectivity index (χ3n) is 2.20. The van der Waals surface area contributed by atoms with Gasteiger partial charge in [-0.25, -0.2) is 4.68 Å². The molecule has 0 saturated carbocycles. The summed E-state index contributed by atoms with van der Waals surface area (Å²) in [6.07, 6.45) is 4.59. The third-order valence-corrected chi connectivity index (χ3v) is 2.61. The van der Waals surface area contributed by atoms with E-state index in [0.29, 0.717) is 6.54 Å². The second-order valence-electron chi connectivity index (χ2n) is 3.27. The number of aromatic nitrogens is 2. The minimum Gasteiger partial charge on any atom is -0.330 e. The largest absolute Gasteiger partial charge is 0.330 e. The Balaban J connectivity index is 2.42. The fraction of sp³-hybridized carbons (Fsp3) is 0.182. The molecule has 2 N–H and O–H groups in total. The number of hydrogen-bond acceptors (Lipinski definition) is 2. The van der Waals surface area contributed by atoms with Crippen LogP contribution in [-0.4, -0.2) is 16.3 Å². The van der Waals surface area contributed by atoms with Gasteiger partial charge in [0.2, 0.25) is 0 Å². The van der Waals surface area contributed by atoms with Crippen LogP contribution in [0.25, 0.3) is 5.69 Å². The van der Waals surface area contributed by atoms with Crippen molar-refractivity contribution < 1.29 is 0 Å². The van der Waals surface area contributed by atoms with Gasteiger partial charge in [0.1, 0.15) is 0 Å². The molecule has 1 aromatic carbocycles. The van der Waals surface area contributed by atoms with Gasteiger partial charge < -0.3 is 5.73 Å². The number of halogens is 1. The monoisotopic (exact) mass is 265 g/mol. The van der Waals surface area contributed by atoms with Gasteiger partial charge in [-0.2, -0.15) is 5.10 Å². The Bertz CT molecular complexity index is 451. The van der Waals surface area contributed by atoms with Crippen LogP contribution >= 0.6 is 15.9 Å². The summed E-state index contributed by atoms with van der Waals surface area (Å²) in [5.41, 5.74) is 7.88.